The molecular formula is C23H21FN8O. The van der Waals surface area contributed by atoms with Gasteiger partial charge in [-0.3, -0.25) is 0 Å². The molecule has 0 bridgehead atoms. The molecule has 4 heterocycles. The first-order valence-corrected chi connectivity index (χ1v) is 10.6. The van der Waals surface area contributed by atoms with Crippen molar-refractivity contribution in [1.29, 1.82) is 5.26 Å². The van der Waals surface area contributed by atoms with E-state index >= 15 is 0 Å². The van der Waals surface area contributed by atoms with Crippen LogP contribution in [-0.4, -0.2) is 43.0 Å². The molecule has 0 saturated carbocycles. The summed E-state index contributed by atoms with van der Waals surface area (Å²) >= 11 is 0. The van der Waals surface area contributed by atoms with E-state index < -0.39 is 5.95 Å². The summed E-state index contributed by atoms with van der Waals surface area (Å²) in [5, 5.41) is 22.5. The number of aryl methyl sites for hydroxylation is 2. The number of rotatable bonds is 4. The molecule has 10 heteroatoms. The third kappa shape index (κ3) is 3.82. The first-order chi connectivity index (χ1) is 16.0. The summed E-state index contributed by atoms with van der Waals surface area (Å²) in [7, 11) is 1.95. The minimum absolute atomic E-state index is 0.290. The highest BCUT2D eigenvalue weighted by Gasteiger charge is 2.29. The van der Waals surface area contributed by atoms with Crippen molar-refractivity contribution in [1.82, 2.24) is 29.9 Å². The molecule has 1 fully saturated rings. The van der Waals surface area contributed by atoms with E-state index in [9.17, 15) is 9.65 Å². The standard InChI is InChI=1S/C23H21FN8O/c1-14-28-22(30-33-14)18-5-4-17(16-3-6-20(24)26-12-16)21(19(18)11-25)32-9-7-15(8-10-32)23-29-27-13-31(23)2/h3-6,12-13,15H,7-10H2,1-2H3. The van der Waals surface area contributed by atoms with Gasteiger partial charge in [-0.15, -0.1) is 10.2 Å². The molecule has 33 heavy (non-hydrogen) atoms. The Morgan fingerprint density at radius 2 is 1.94 bits per heavy atom. The highest BCUT2D eigenvalue weighted by atomic mass is 19.1. The van der Waals surface area contributed by atoms with Crippen molar-refractivity contribution < 1.29 is 8.91 Å². The van der Waals surface area contributed by atoms with Crippen LogP contribution in [0.4, 0.5) is 10.1 Å². The van der Waals surface area contributed by atoms with Gasteiger partial charge in [-0.2, -0.15) is 14.6 Å². The number of hydrogen-bond acceptors (Lipinski definition) is 8. The number of piperidine rings is 1. The van der Waals surface area contributed by atoms with Crippen molar-refractivity contribution in [2.75, 3.05) is 18.0 Å². The first kappa shape index (κ1) is 20.8. The molecule has 0 amide bonds. The Labute approximate surface area is 189 Å². The number of benzene rings is 1. The van der Waals surface area contributed by atoms with Gasteiger partial charge in [0.1, 0.15) is 18.2 Å². The Hall–Kier alpha value is -4.13. The van der Waals surface area contributed by atoms with E-state index in [1.54, 1.807) is 25.4 Å². The van der Waals surface area contributed by atoms with Gasteiger partial charge in [-0.05, 0) is 31.0 Å². The SMILES string of the molecule is Cc1nc(-c2ccc(-c3ccc(F)nc3)c(N3CCC(c4nncn4C)CC3)c2C#N)no1. The van der Waals surface area contributed by atoms with Crippen molar-refractivity contribution in [2.45, 2.75) is 25.7 Å². The Morgan fingerprint density at radius 1 is 1.15 bits per heavy atom. The lowest BCUT2D eigenvalue weighted by Gasteiger charge is -2.35. The zero-order chi connectivity index (χ0) is 22.9. The monoisotopic (exact) mass is 444 g/mol. The molecule has 0 N–H and O–H groups in total. The van der Waals surface area contributed by atoms with Crippen LogP contribution in [-0.2, 0) is 7.05 Å². The summed E-state index contributed by atoms with van der Waals surface area (Å²) in [6.07, 6.45) is 4.93. The maximum atomic E-state index is 13.5. The van der Waals surface area contributed by atoms with Crippen molar-refractivity contribution in [3.8, 4) is 28.6 Å². The Bertz CT molecular complexity index is 1330. The predicted octanol–water partition coefficient (Wildman–Crippen LogP) is 3.63. The topological polar surface area (TPSA) is 110 Å². The van der Waals surface area contributed by atoms with Crippen LogP contribution in [0.15, 0.2) is 41.3 Å². The van der Waals surface area contributed by atoms with Crippen LogP contribution in [0.2, 0.25) is 0 Å². The maximum Gasteiger partial charge on any atom is 0.223 e. The van der Waals surface area contributed by atoms with Gasteiger partial charge in [0, 0.05) is 55.9 Å². The van der Waals surface area contributed by atoms with Crippen molar-refractivity contribution >= 4 is 5.69 Å². The minimum Gasteiger partial charge on any atom is -0.370 e. The fourth-order valence-electron chi connectivity index (χ4n) is 4.42. The Kier molecular flexibility index (Phi) is 5.30. The Morgan fingerprint density at radius 3 is 2.55 bits per heavy atom. The van der Waals surface area contributed by atoms with Crippen molar-refractivity contribution in [2.24, 2.45) is 7.05 Å². The molecule has 5 rings (SSSR count). The second-order valence-electron chi connectivity index (χ2n) is 8.06. The third-order valence-electron chi connectivity index (χ3n) is 6.02. The minimum atomic E-state index is -0.552. The van der Waals surface area contributed by atoms with Gasteiger partial charge < -0.3 is 14.0 Å². The lowest BCUT2D eigenvalue weighted by molar-refractivity contribution is 0.394. The molecule has 1 aliphatic rings. The van der Waals surface area contributed by atoms with Crippen LogP contribution in [0.3, 0.4) is 0 Å². The first-order valence-electron chi connectivity index (χ1n) is 10.6. The van der Waals surface area contributed by atoms with Gasteiger partial charge in [-0.1, -0.05) is 11.2 Å². The lowest BCUT2D eigenvalue weighted by Crippen LogP contribution is -2.34. The summed E-state index contributed by atoms with van der Waals surface area (Å²) < 4.78 is 20.6. The molecule has 0 aliphatic carbocycles. The maximum absolute atomic E-state index is 13.5. The summed E-state index contributed by atoms with van der Waals surface area (Å²) in [6, 6.07) is 9.06. The van der Waals surface area contributed by atoms with Gasteiger partial charge >= 0.3 is 0 Å². The van der Waals surface area contributed by atoms with Crippen LogP contribution >= 0.6 is 0 Å². The zero-order valence-corrected chi connectivity index (χ0v) is 18.2. The molecule has 0 unspecified atom stereocenters. The predicted molar refractivity (Wildman–Crippen MR) is 118 cm³/mol. The van der Waals surface area contributed by atoms with Gasteiger partial charge in [0.25, 0.3) is 0 Å². The molecule has 1 aliphatic heterocycles. The molecular weight excluding hydrogens is 423 g/mol. The number of anilines is 1. The van der Waals surface area contributed by atoms with Crippen LogP contribution in [0.25, 0.3) is 22.5 Å². The normalized spacial score (nSPS) is 14.4. The molecule has 0 spiro atoms. The summed E-state index contributed by atoms with van der Waals surface area (Å²) in [6.45, 7) is 3.16. The number of aromatic nitrogens is 6. The van der Waals surface area contributed by atoms with E-state index in [2.05, 4.69) is 36.3 Å². The second kappa shape index (κ2) is 8.43. The van der Waals surface area contributed by atoms with Gasteiger partial charge in [0.2, 0.25) is 17.7 Å². The molecule has 4 aromatic rings. The van der Waals surface area contributed by atoms with E-state index in [0.717, 1.165) is 48.6 Å². The number of pyridine rings is 1. The second-order valence-corrected chi connectivity index (χ2v) is 8.06. The summed E-state index contributed by atoms with van der Waals surface area (Å²) in [5.74, 6) is 1.49. The van der Waals surface area contributed by atoms with Gasteiger partial charge in [0.05, 0.1) is 11.3 Å². The number of halogens is 1. The summed E-state index contributed by atoms with van der Waals surface area (Å²) in [4.78, 5) is 10.3. The molecule has 3 aromatic heterocycles. The highest BCUT2D eigenvalue weighted by Crippen LogP contribution is 2.41. The molecule has 9 nitrogen and oxygen atoms in total. The molecule has 0 radical (unpaired) electrons. The van der Waals surface area contributed by atoms with Crippen LogP contribution in [0.1, 0.15) is 36.0 Å². The van der Waals surface area contributed by atoms with Gasteiger partial charge in [0.15, 0.2) is 0 Å². The fourth-order valence-corrected chi connectivity index (χ4v) is 4.42. The van der Waals surface area contributed by atoms with E-state index in [-0.39, 0.29) is 0 Å². The molecule has 0 atom stereocenters. The van der Waals surface area contributed by atoms with Gasteiger partial charge in [-0.25, -0.2) is 4.98 Å². The molecule has 166 valence electrons. The smallest absolute Gasteiger partial charge is 0.223 e. The molecule has 1 saturated heterocycles. The zero-order valence-electron chi connectivity index (χ0n) is 18.2. The fraction of sp³-hybridized carbons (Fsp3) is 0.304. The van der Waals surface area contributed by atoms with Crippen LogP contribution < -0.4 is 4.90 Å². The lowest BCUT2D eigenvalue weighted by atomic mass is 9.91. The number of nitriles is 1. The van der Waals surface area contributed by atoms with Crippen LogP contribution in [0, 0.1) is 24.2 Å². The van der Waals surface area contributed by atoms with Crippen LogP contribution in [0.5, 0.6) is 0 Å². The number of nitrogens with zero attached hydrogens (tertiary/aromatic N) is 8. The Balaban J connectivity index is 1.58. The summed E-state index contributed by atoms with van der Waals surface area (Å²) in [5.41, 5.74) is 3.35. The highest BCUT2D eigenvalue weighted by molar-refractivity contribution is 5.88. The van der Waals surface area contributed by atoms with E-state index in [4.69, 9.17) is 4.52 Å². The van der Waals surface area contributed by atoms with E-state index in [1.807, 2.05) is 17.7 Å². The third-order valence-corrected chi connectivity index (χ3v) is 6.02. The van der Waals surface area contributed by atoms with Crippen molar-refractivity contribution in [3.05, 3.63) is 60.0 Å². The molecule has 1 aromatic carbocycles. The number of hydrogen-bond donors (Lipinski definition) is 0. The van der Waals surface area contributed by atoms with E-state index in [1.165, 1.54) is 12.3 Å². The average molecular weight is 444 g/mol. The van der Waals surface area contributed by atoms with Crippen molar-refractivity contribution in [3.63, 3.8) is 0 Å². The van der Waals surface area contributed by atoms with E-state index in [0.29, 0.717) is 28.8 Å². The largest absolute Gasteiger partial charge is 0.370 e. The quantitative estimate of drug-likeness (QED) is 0.439. The average Bonchev–Trinajstić information content (AvgIpc) is 3.47.